The zero-order chi connectivity index (χ0) is 16.4. The highest BCUT2D eigenvalue weighted by Crippen LogP contribution is 2.31. The maximum absolute atomic E-state index is 13.4. The number of halogens is 1. The van der Waals surface area contributed by atoms with Crippen LogP contribution in [0, 0.1) is 18.7 Å². The molecule has 0 radical (unpaired) electrons. The van der Waals surface area contributed by atoms with Gasteiger partial charge in [0.15, 0.2) is 0 Å². The van der Waals surface area contributed by atoms with Gasteiger partial charge in [-0.1, -0.05) is 6.92 Å². The highest BCUT2D eigenvalue weighted by atomic mass is 32.1. The number of benzene rings is 1. The average Bonchev–Trinajstić information content (AvgIpc) is 2.84. The fourth-order valence-electron chi connectivity index (χ4n) is 3.31. The molecule has 5 heteroatoms. The number of fused-ring (bicyclic) bond motifs is 1. The number of likely N-dealkylation sites (tertiary alicyclic amines) is 1. The molecular weight excluding hydrogens is 311 g/mol. The molecule has 1 aliphatic heterocycles. The summed E-state index contributed by atoms with van der Waals surface area (Å²) in [6, 6.07) is 4.69. The number of piperidine rings is 1. The topological polar surface area (TPSA) is 32.3 Å². The molecule has 1 N–H and O–H groups in total. The summed E-state index contributed by atoms with van der Waals surface area (Å²) in [6.45, 7) is 7.98. The summed E-state index contributed by atoms with van der Waals surface area (Å²) in [6.07, 6.45) is 2.55. The van der Waals surface area contributed by atoms with Crippen LogP contribution in [0.25, 0.3) is 10.1 Å². The lowest BCUT2D eigenvalue weighted by Crippen LogP contribution is -2.40. The molecule has 1 amide bonds. The van der Waals surface area contributed by atoms with Gasteiger partial charge in [-0.05, 0) is 61.4 Å². The van der Waals surface area contributed by atoms with Crippen LogP contribution in [0.2, 0.25) is 0 Å². The van der Waals surface area contributed by atoms with Gasteiger partial charge in [0, 0.05) is 24.3 Å². The Hall–Kier alpha value is -1.46. The molecule has 1 aromatic heterocycles. The fourth-order valence-corrected chi connectivity index (χ4v) is 4.41. The molecule has 1 unspecified atom stereocenters. The van der Waals surface area contributed by atoms with Crippen LogP contribution in [0.5, 0.6) is 0 Å². The highest BCUT2D eigenvalue weighted by molar-refractivity contribution is 7.21. The Labute approximate surface area is 140 Å². The monoisotopic (exact) mass is 334 g/mol. The molecule has 0 saturated carbocycles. The summed E-state index contributed by atoms with van der Waals surface area (Å²) >= 11 is 1.43. The molecule has 1 aromatic carbocycles. The molecule has 0 spiro atoms. The van der Waals surface area contributed by atoms with Gasteiger partial charge in [-0.3, -0.25) is 4.79 Å². The van der Waals surface area contributed by atoms with Crippen molar-refractivity contribution in [1.82, 2.24) is 10.2 Å². The third kappa shape index (κ3) is 3.72. The summed E-state index contributed by atoms with van der Waals surface area (Å²) in [5.74, 6) is 0.443. The standard InChI is InChI=1S/C18H23FN2OS/c1-12-4-3-8-21(11-12)9-7-20-18(22)17-13(2)15-10-14(19)5-6-16(15)23-17/h5-6,10,12H,3-4,7-9,11H2,1-2H3,(H,20,22). The van der Waals surface area contributed by atoms with E-state index >= 15 is 0 Å². The number of thiophene rings is 1. The van der Waals surface area contributed by atoms with E-state index in [0.717, 1.165) is 41.2 Å². The number of amides is 1. The summed E-state index contributed by atoms with van der Waals surface area (Å²) in [5.41, 5.74) is 0.869. The number of carbonyl (C=O) groups excluding carboxylic acids is 1. The van der Waals surface area contributed by atoms with E-state index < -0.39 is 0 Å². The van der Waals surface area contributed by atoms with E-state index in [0.29, 0.717) is 11.4 Å². The van der Waals surface area contributed by atoms with Crippen molar-refractivity contribution in [1.29, 1.82) is 0 Å². The highest BCUT2D eigenvalue weighted by Gasteiger charge is 2.18. The van der Waals surface area contributed by atoms with E-state index in [1.165, 1.54) is 36.3 Å². The number of aryl methyl sites for hydroxylation is 1. The van der Waals surface area contributed by atoms with Gasteiger partial charge in [-0.25, -0.2) is 4.39 Å². The summed E-state index contributed by atoms with van der Waals surface area (Å²) in [5, 5.41) is 3.85. The van der Waals surface area contributed by atoms with Crippen LogP contribution in [-0.4, -0.2) is 37.0 Å². The third-order valence-electron chi connectivity index (χ3n) is 4.56. The largest absolute Gasteiger partial charge is 0.350 e. The van der Waals surface area contributed by atoms with Gasteiger partial charge >= 0.3 is 0 Å². The summed E-state index contributed by atoms with van der Waals surface area (Å²) in [4.78, 5) is 15.5. The predicted molar refractivity (Wildman–Crippen MR) is 93.7 cm³/mol. The minimum Gasteiger partial charge on any atom is -0.350 e. The Balaban J connectivity index is 1.61. The molecule has 3 rings (SSSR count). The Morgan fingerprint density at radius 2 is 2.30 bits per heavy atom. The summed E-state index contributed by atoms with van der Waals surface area (Å²) < 4.78 is 14.3. The molecule has 1 atom stereocenters. The predicted octanol–water partition coefficient (Wildman–Crippen LogP) is 3.81. The van der Waals surface area contributed by atoms with Crippen molar-refractivity contribution in [3.8, 4) is 0 Å². The van der Waals surface area contributed by atoms with E-state index in [-0.39, 0.29) is 11.7 Å². The maximum Gasteiger partial charge on any atom is 0.261 e. The second kappa shape index (κ2) is 6.97. The van der Waals surface area contributed by atoms with Crippen LogP contribution >= 0.6 is 11.3 Å². The molecule has 1 saturated heterocycles. The fraction of sp³-hybridized carbons (Fsp3) is 0.500. The lowest BCUT2D eigenvalue weighted by Gasteiger charge is -2.30. The second-order valence-corrected chi connectivity index (χ2v) is 7.55. The van der Waals surface area contributed by atoms with Crippen molar-refractivity contribution in [2.75, 3.05) is 26.2 Å². The van der Waals surface area contributed by atoms with Crippen molar-refractivity contribution in [2.45, 2.75) is 26.7 Å². The minimum atomic E-state index is -0.260. The molecule has 2 heterocycles. The van der Waals surface area contributed by atoms with E-state index in [2.05, 4.69) is 17.1 Å². The van der Waals surface area contributed by atoms with Gasteiger partial charge in [0.2, 0.25) is 0 Å². The normalized spacial score (nSPS) is 19.2. The minimum absolute atomic E-state index is 0.0471. The molecule has 2 aromatic rings. The zero-order valence-corrected chi connectivity index (χ0v) is 14.5. The molecule has 124 valence electrons. The molecular formula is C18H23FN2OS. The van der Waals surface area contributed by atoms with E-state index in [1.807, 2.05) is 6.92 Å². The van der Waals surface area contributed by atoms with Crippen molar-refractivity contribution < 1.29 is 9.18 Å². The van der Waals surface area contributed by atoms with E-state index in [4.69, 9.17) is 0 Å². The second-order valence-electron chi connectivity index (χ2n) is 6.50. The lowest BCUT2D eigenvalue weighted by molar-refractivity contribution is 0.0947. The quantitative estimate of drug-likeness (QED) is 0.922. The van der Waals surface area contributed by atoms with Crippen molar-refractivity contribution in [3.05, 3.63) is 34.5 Å². The molecule has 1 aliphatic rings. The maximum atomic E-state index is 13.4. The lowest BCUT2D eigenvalue weighted by atomic mass is 10.0. The van der Waals surface area contributed by atoms with Crippen molar-refractivity contribution >= 4 is 27.3 Å². The number of nitrogens with zero attached hydrogens (tertiary/aromatic N) is 1. The molecule has 1 fully saturated rings. The summed E-state index contributed by atoms with van der Waals surface area (Å²) in [7, 11) is 0. The van der Waals surface area contributed by atoms with Crippen LogP contribution < -0.4 is 5.32 Å². The Morgan fingerprint density at radius 1 is 1.48 bits per heavy atom. The van der Waals surface area contributed by atoms with Crippen molar-refractivity contribution in [3.63, 3.8) is 0 Å². The zero-order valence-electron chi connectivity index (χ0n) is 13.7. The van der Waals surface area contributed by atoms with Crippen LogP contribution in [0.4, 0.5) is 4.39 Å². The first-order chi connectivity index (χ1) is 11.0. The first-order valence-electron chi connectivity index (χ1n) is 8.24. The van der Waals surface area contributed by atoms with E-state index in [1.54, 1.807) is 6.07 Å². The first-order valence-corrected chi connectivity index (χ1v) is 9.05. The average molecular weight is 334 g/mol. The number of carbonyl (C=O) groups is 1. The number of hydrogen-bond acceptors (Lipinski definition) is 3. The first kappa shape index (κ1) is 16.4. The smallest absolute Gasteiger partial charge is 0.261 e. The van der Waals surface area contributed by atoms with Crippen molar-refractivity contribution in [2.24, 2.45) is 5.92 Å². The Bertz CT molecular complexity index is 712. The number of hydrogen-bond donors (Lipinski definition) is 1. The van der Waals surface area contributed by atoms with Gasteiger partial charge in [0.05, 0.1) is 4.88 Å². The van der Waals surface area contributed by atoms with Crippen LogP contribution in [0.15, 0.2) is 18.2 Å². The number of rotatable bonds is 4. The van der Waals surface area contributed by atoms with E-state index in [9.17, 15) is 9.18 Å². The molecule has 0 bridgehead atoms. The third-order valence-corrected chi connectivity index (χ3v) is 5.83. The van der Waals surface area contributed by atoms with Gasteiger partial charge in [0.1, 0.15) is 5.82 Å². The molecule has 0 aliphatic carbocycles. The molecule has 23 heavy (non-hydrogen) atoms. The van der Waals surface area contributed by atoms with Gasteiger partial charge in [0.25, 0.3) is 5.91 Å². The molecule has 3 nitrogen and oxygen atoms in total. The van der Waals surface area contributed by atoms with Crippen LogP contribution in [-0.2, 0) is 0 Å². The Kier molecular flexibility index (Phi) is 4.97. The van der Waals surface area contributed by atoms with Gasteiger partial charge in [-0.2, -0.15) is 0 Å². The van der Waals surface area contributed by atoms with Crippen LogP contribution in [0.3, 0.4) is 0 Å². The SMILES string of the molecule is Cc1c(C(=O)NCCN2CCCC(C)C2)sc2ccc(F)cc12. The van der Waals surface area contributed by atoms with Gasteiger partial charge < -0.3 is 10.2 Å². The Morgan fingerprint density at radius 3 is 3.09 bits per heavy atom. The number of nitrogens with one attached hydrogen (secondary N) is 1. The van der Waals surface area contributed by atoms with Crippen LogP contribution in [0.1, 0.15) is 35.0 Å². The van der Waals surface area contributed by atoms with Gasteiger partial charge in [-0.15, -0.1) is 11.3 Å².